The lowest BCUT2D eigenvalue weighted by Crippen LogP contribution is -2.37. The molecule has 2 atom stereocenters. The van der Waals surface area contributed by atoms with Crippen molar-refractivity contribution in [1.82, 2.24) is 5.32 Å². The molecule has 0 saturated carbocycles. The second-order valence-electron chi connectivity index (χ2n) is 3.96. The summed E-state index contributed by atoms with van der Waals surface area (Å²) < 4.78 is 0. The average molecular weight is 153 g/mol. The summed E-state index contributed by atoms with van der Waals surface area (Å²) in [6.45, 7) is 9.02. The number of rotatable bonds is 1. The summed E-state index contributed by atoms with van der Waals surface area (Å²) in [5.74, 6) is 0.724. The van der Waals surface area contributed by atoms with Crippen LogP contribution in [0.4, 0.5) is 0 Å². The molecule has 0 spiro atoms. The van der Waals surface area contributed by atoms with E-state index in [0.717, 1.165) is 5.92 Å². The molecule has 0 radical (unpaired) electrons. The van der Waals surface area contributed by atoms with Gasteiger partial charge in [-0.1, -0.05) is 25.5 Å². The van der Waals surface area contributed by atoms with Crippen LogP contribution in [0.15, 0.2) is 11.6 Å². The zero-order chi connectivity index (χ0) is 8.43. The lowest BCUT2D eigenvalue weighted by atomic mass is 9.91. The number of nitrogens with one attached hydrogen (secondary N) is 1. The van der Waals surface area contributed by atoms with Crippen LogP contribution in [-0.2, 0) is 0 Å². The summed E-state index contributed by atoms with van der Waals surface area (Å²) in [4.78, 5) is 0. The second kappa shape index (κ2) is 3.40. The lowest BCUT2D eigenvalue weighted by Gasteiger charge is -2.27. The topological polar surface area (TPSA) is 12.0 Å². The van der Waals surface area contributed by atoms with Crippen molar-refractivity contribution in [3.8, 4) is 0 Å². The summed E-state index contributed by atoms with van der Waals surface area (Å²) >= 11 is 0. The van der Waals surface area contributed by atoms with Crippen LogP contribution in [0.5, 0.6) is 0 Å². The van der Waals surface area contributed by atoms with Crippen LogP contribution in [0.25, 0.3) is 0 Å². The molecule has 0 amide bonds. The molecule has 1 aliphatic rings. The normalized spacial score (nSPS) is 32.3. The Morgan fingerprint density at radius 3 is 2.55 bits per heavy atom. The van der Waals surface area contributed by atoms with Gasteiger partial charge in [0.15, 0.2) is 0 Å². The maximum atomic E-state index is 3.49. The van der Waals surface area contributed by atoms with Crippen LogP contribution in [0.1, 0.15) is 34.1 Å². The van der Waals surface area contributed by atoms with Gasteiger partial charge in [0, 0.05) is 12.1 Å². The first-order chi connectivity index (χ1) is 5.09. The molecule has 0 aromatic heterocycles. The molecule has 1 nitrogen and oxygen atoms in total. The SMILES string of the molecule is CC1CC(C(C)C)=C[C@H](C)N1. The van der Waals surface area contributed by atoms with E-state index in [2.05, 4.69) is 39.1 Å². The van der Waals surface area contributed by atoms with E-state index in [-0.39, 0.29) is 0 Å². The minimum absolute atomic E-state index is 0.566. The summed E-state index contributed by atoms with van der Waals surface area (Å²) in [7, 11) is 0. The van der Waals surface area contributed by atoms with Crippen molar-refractivity contribution in [3.63, 3.8) is 0 Å². The van der Waals surface area contributed by atoms with Gasteiger partial charge in [0.2, 0.25) is 0 Å². The number of hydrogen-bond donors (Lipinski definition) is 1. The Labute approximate surface area is 69.9 Å². The number of hydrogen-bond acceptors (Lipinski definition) is 1. The van der Waals surface area contributed by atoms with Crippen LogP contribution in [0, 0.1) is 5.92 Å². The van der Waals surface area contributed by atoms with Crippen molar-refractivity contribution in [1.29, 1.82) is 0 Å². The van der Waals surface area contributed by atoms with Gasteiger partial charge in [0.05, 0.1) is 0 Å². The van der Waals surface area contributed by atoms with Gasteiger partial charge >= 0.3 is 0 Å². The maximum Gasteiger partial charge on any atom is 0.0226 e. The molecule has 0 aliphatic carbocycles. The molecule has 0 bridgehead atoms. The first-order valence-electron chi connectivity index (χ1n) is 4.56. The molecule has 0 aromatic rings. The van der Waals surface area contributed by atoms with Crippen LogP contribution in [0.3, 0.4) is 0 Å². The maximum absolute atomic E-state index is 3.49. The Morgan fingerprint density at radius 2 is 2.09 bits per heavy atom. The molecule has 11 heavy (non-hydrogen) atoms. The first kappa shape index (κ1) is 8.79. The summed E-state index contributed by atoms with van der Waals surface area (Å²) in [5, 5.41) is 3.49. The zero-order valence-corrected chi connectivity index (χ0v) is 8.02. The fourth-order valence-corrected chi connectivity index (χ4v) is 1.73. The van der Waals surface area contributed by atoms with Gasteiger partial charge < -0.3 is 5.32 Å². The Morgan fingerprint density at radius 1 is 1.45 bits per heavy atom. The Bertz CT molecular complexity index is 158. The van der Waals surface area contributed by atoms with Gasteiger partial charge in [-0.3, -0.25) is 0 Å². The molecule has 0 fully saturated rings. The Hall–Kier alpha value is -0.300. The van der Waals surface area contributed by atoms with E-state index in [1.807, 2.05) is 0 Å². The highest BCUT2D eigenvalue weighted by Crippen LogP contribution is 2.20. The van der Waals surface area contributed by atoms with Gasteiger partial charge in [-0.25, -0.2) is 0 Å². The van der Waals surface area contributed by atoms with Crippen LogP contribution in [0.2, 0.25) is 0 Å². The lowest BCUT2D eigenvalue weighted by molar-refractivity contribution is 0.462. The van der Waals surface area contributed by atoms with E-state index in [1.54, 1.807) is 5.57 Å². The smallest absolute Gasteiger partial charge is 0.0226 e. The third kappa shape index (κ3) is 2.33. The highest BCUT2D eigenvalue weighted by atomic mass is 14.9. The highest BCUT2D eigenvalue weighted by molar-refractivity contribution is 5.13. The van der Waals surface area contributed by atoms with Crippen molar-refractivity contribution in [3.05, 3.63) is 11.6 Å². The van der Waals surface area contributed by atoms with Crippen LogP contribution < -0.4 is 5.32 Å². The average Bonchev–Trinajstić information content (AvgIpc) is 1.85. The van der Waals surface area contributed by atoms with Gasteiger partial charge in [0.1, 0.15) is 0 Å². The molecule has 1 rings (SSSR count). The van der Waals surface area contributed by atoms with Crippen LogP contribution >= 0.6 is 0 Å². The molecule has 0 saturated heterocycles. The molecule has 1 aliphatic heterocycles. The third-order valence-corrected chi connectivity index (χ3v) is 2.29. The summed E-state index contributed by atoms with van der Waals surface area (Å²) in [5.41, 5.74) is 1.61. The monoisotopic (exact) mass is 153 g/mol. The molecule has 1 heterocycles. The Kier molecular flexibility index (Phi) is 2.72. The quantitative estimate of drug-likeness (QED) is 0.570. The molecule has 1 N–H and O–H groups in total. The second-order valence-corrected chi connectivity index (χ2v) is 3.96. The van der Waals surface area contributed by atoms with E-state index in [9.17, 15) is 0 Å². The van der Waals surface area contributed by atoms with Crippen molar-refractivity contribution >= 4 is 0 Å². The predicted molar refractivity (Wildman–Crippen MR) is 49.6 cm³/mol. The molecular formula is C10H19N. The fraction of sp³-hybridized carbons (Fsp3) is 0.800. The van der Waals surface area contributed by atoms with Crippen molar-refractivity contribution < 1.29 is 0 Å². The van der Waals surface area contributed by atoms with Crippen molar-refractivity contribution in [2.24, 2.45) is 5.92 Å². The van der Waals surface area contributed by atoms with E-state index in [4.69, 9.17) is 0 Å². The van der Waals surface area contributed by atoms with E-state index < -0.39 is 0 Å². The highest BCUT2D eigenvalue weighted by Gasteiger charge is 2.16. The Balaban J connectivity index is 2.64. The minimum Gasteiger partial charge on any atom is -0.308 e. The van der Waals surface area contributed by atoms with Crippen molar-refractivity contribution in [2.45, 2.75) is 46.2 Å². The van der Waals surface area contributed by atoms with Gasteiger partial charge in [-0.2, -0.15) is 0 Å². The fourth-order valence-electron chi connectivity index (χ4n) is 1.73. The largest absolute Gasteiger partial charge is 0.308 e. The first-order valence-corrected chi connectivity index (χ1v) is 4.56. The van der Waals surface area contributed by atoms with Gasteiger partial charge in [0.25, 0.3) is 0 Å². The van der Waals surface area contributed by atoms with Gasteiger partial charge in [-0.15, -0.1) is 0 Å². The zero-order valence-electron chi connectivity index (χ0n) is 8.02. The minimum atomic E-state index is 0.566. The van der Waals surface area contributed by atoms with E-state index in [0.29, 0.717) is 12.1 Å². The molecule has 0 aromatic carbocycles. The summed E-state index contributed by atoms with van der Waals surface area (Å²) in [6.07, 6.45) is 3.59. The standard InChI is InChI=1S/C10H19N/c1-7(2)10-5-8(3)11-9(4)6-10/h5,7-9,11H,6H2,1-4H3/t8-,9?/m0/s1. The molecular weight excluding hydrogens is 134 g/mol. The van der Waals surface area contributed by atoms with E-state index >= 15 is 0 Å². The molecule has 1 heteroatoms. The van der Waals surface area contributed by atoms with E-state index in [1.165, 1.54) is 6.42 Å². The predicted octanol–water partition coefficient (Wildman–Crippen LogP) is 2.34. The molecule has 1 unspecified atom stereocenters. The van der Waals surface area contributed by atoms with Crippen LogP contribution in [-0.4, -0.2) is 12.1 Å². The molecule has 64 valence electrons. The van der Waals surface area contributed by atoms with Crippen molar-refractivity contribution in [2.75, 3.05) is 0 Å². The van der Waals surface area contributed by atoms with Gasteiger partial charge in [-0.05, 0) is 26.2 Å². The summed E-state index contributed by atoms with van der Waals surface area (Å²) in [6, 6.07) is 1.23. The third-order valence-electron chi connectivity index (χ3n) is 2.29.